The Bertz CT molecular complexity index is 436. The van der Waals surface area contributed by atoms with Crippen molar-refractivity contribution in [3.8, 4) is 5.75 Å². The Kier molecular flexibility index (Phi) is 6.93. The van der Waals surface area contributed by atoms with Crippen molar-refractivity contribution in [3.63, 3.8) is 0 Å². The number of rotatable bonds is 6. The molecule has 0 aromatic heterocycles. The van der Waals surface area contributed by atoms with Crippen LogP contribution in [0.4, 0.5) is 0 Å². The van der Waals surface area contributed by atoms with Gasteiger partial charge in [0.25, 0.3) is 0 Å². The highest BCUT2D eigenvalue weighted by atomic mass is 127. The zero-order valence-electron chi connectivity index (χ0n) is 12.0. The molecule has 1 aromatic rings. The van der Waals surface area contributed by atoms with Gasteiger partial charge in [-0.2, -0.15) is 11.8 Å². The van der Waals surface area contributed by atoms with E-state index in [0.717, 1.165) is 24.2 Å². The van der Waals surface area contributed by atoms with Crippen molar-refractivity contribution in [1.82, 2.24) is 10.2 Å². The van der Waals surface area contributed by atoms with Gasteiger partial charge < -0.3 is 15.3 Å². The van der Waals surface area contributed by atoms with Gasteiger partial charge in [0.2, 0.25) is 0 Å². The normalized spacial score (nSPS) is 16.5. The number of phenolic OH excluding ortho intramolecular Hbond substituents is 1. The Labute approximate surface area is 139 Å². The van der Waals surface area contributed by atoms with Gasteiger partial charge in [-0.25, -0.2) is 0 Å². The summed E-state index contributed by atoms with van der Waals surface area (Å²) in [7, 11) is 0. The fourth-order valence-electron chi connectivity index (χ4n) is 2.42. The van der Waals surface area contributed by atoms with Gasteiger partial charge in [0, 0.05) is 40.3 Å². The van der Waals surface area contributed by atoms with Crippen LogP contribution in [0.5, 0.6) is 5.75 Å². The summed E-state index contributed by atoms with van der Waals surface area (Å²) in [6.07, 6.45) is 1.17. The smallest absolute Gasteiger partial charge is 0.123 e. The lowest BCUT2D eigenvalue weighted by Crippen LogP contribution is -2.34. The number of thioether (sulfide) groups is 1. The zero-order valence-corrected chi connectivity index (χ0v) is 15.0. The van der Waals surface area contributed by atoms with Gasteiger partial charge in [-0.3, -0.25) is 0 Å². The van der Waals surface area contributed by atoms with E-state index in [2.05, 4.69) is 50.6 Å². The molecule has 0 spiro atoms. The second-order valence-corrected chi connectivity index (χ2v) is 7.69. The Morgan fingerprint density at radius 1 is 1.35 bits per heavy atom. The average molecular weight is 406 g/mol. The second kappa shape index (κ2) is 8.46. The predicted octanol–water partition coefficient (Wildman–Crippen LogP) is 2.83. The molecular weight excluding hydrogens is 383 g/mol. The van der Waals surface area contributed by atoms with Gasteiger partial charge in [-0.05, 0) is 66.7 Å². The number of aryl methyl sites for hydroxylation is 1. The van der Waals surface area contributed by atoms with Crippen LogP contribution in [-0.2, 0) is 6.54 Å². The molecule has 1 aliphatic rings. The molecule has 0 unspecified atom stereocenters. The van der Waals surface area contributed by atoms with Crippen molar-refractivity contribution in [2.24, 2.45) is 0 Å². The van der Waals surface area contributed by atoms with Crippen LogP contribution in [0.3, 0.4) is 0 Å². The molecule has 2 rings (SSSR count). The first-order valence-electron chi connectivity index (χ1n) is 7.15. The molecule has 1 saturated heterocycles. The summed E-state index contributed by atoms with van der Waals surface area (Å²) in [5.74, 6) is 3.00. The van der Waals surface area contributed by atoms with E-state index in [4.69, 9.17) is 0 Å². The Hall–Kier alpha value is 0.0200. The Morgan fingerprint density at radius 2 is 2.10 bits per heavy atom. The molecule has 0 bridgehead atoms. The standard InChI is InChI=1S/C15H23IN2OS/c1-12-9-14(16)10-13(15(12)19)11-17-3-2-4-18-5-7-20-8-6-18/h9-10,17,19H,2-8,11H2,1H3. The fourth-order valence-corrected chi connectivity index (χ4v) is 4.24. The third kappa shape index (κ3) is 5.09. The third-order valence-electron chi connectivity index (χ3n) is 3.59. The van der Waals surface area contributed by atoms with E-state index >= 15 is 0 Å². The lowest BCUT2D eigenvalue weighted by molar-refractivity contribution is 0.296. The van der Waals surface area contributed by atoms with E-state index in [1.54, 1.807) is 0 Å². The topological polar surface area (TPSA) is 35.5 Å². The minimum Gasteiger partial charge on any atom is -0.507 e. The molecule has 1 aromatic carbocycles. The highest BCUT2D eigenvalue weighted by molar-refractivity contribution is 14.1. The van der Waals surface area contributed by atoms with Crippen LogP contribution in [-0.4, -0.2) is 47.7 Å². The van der Waals surface area contributed by atoms with E-state index in [1.807, 2.05) is 13.0 Å². The van der Waals surface area contributed by atoms with Crippen LogP contribution < -0.4 is 5.32 Å². The van der Waals surface area contributed by atoms with Gasteiger partial charge in [0.15, 0.2) is 0 Å². The van der Waals surface area contributed by atoms with Gasteiger partial charge >= 0.3 is 0 Å². The number of halogens is 1. The summed E-state index contributed by atoms with van der Waals surface area (Å²) < 4.78 is 1.18. The van der Waals surface area contributed by atoms with Crippen LogP contribution in [0.25, 0.3) is 0 Å². The van der Waals surface area contributed by atoms with Crippen molar-refractivity contribution in [2.45, 2.75) is 19.9 Å². The van der Waals surface area contributed by atoms with Crippen molar-refractivity contribution in [2.75, 3.05) is 37.7 Å². The number of phenols is 1. The molecule has 1 heterocycles. The summed E-state index contributed by atoms with van der Waals surface area (Å²) in [4.78, 5) is 2.55. The van der Waals surface area contributed by atoms with Crippen LogP contribution in [0, 0.1) is 10.5 Å². The van der Waals surface area contributed by atoms with E-state index in [9.17, 15) is 5.11 Å². The molecule has 0 aliphatic carbocycles. The minimum atomic E-state index is 0.436. The Balaban J connectivity index is 1.68. The van der Waals surface area contributed by atoms with Crippen molar-refractivity contribution < 1.29 is 5.11 Å². The summed E-state index contributed by atoms with van der Waals surface area (Å²) in [6, 6.07) is 4.06. The first kappa shape index (κ1) is 16.4. The molecule has 20 heavy (non-hydrogen) atoms. The van der Waals surface area contributed by atoms with Crippen LogP contribution in [0.15, 0.2) is 12.1 Å². The summed E-state index contributed by atoms with van der Waals surface area (Å²) in [6.45, 7) is 7.37. The summed E-state index contributed by atoms with van der Waals surface area (Å²) >= 11 is 4.36. The van der Waals surface area contributed by atoms with Gasteiger partial charge in [-0.15, -0.1) is 0 Å². The molecular formula is C15H23IN2OS. The highest BCUT2D eigenvalue weighted by Gasteiger charge is 2.09. The monoisotopic (exact) mass is 406 g/mol. The maximum absolute atomic E-state index is 10.0. The van der Waals surface area contributed by atoms with E-state index < -0.39 is 0 Å². The van der Waals surface area contributed by atoms with E-state index in [-0.39, 0.29) is 0 Å². The van der Waals surface area contributed by atoms with Gasteiger partial charge in [0.05, 0.1) is 0 Å². The van der Waals surface area contributed by atoms with Crippen molar-refractivity contribution >= 4 is 34.4 Å². The summed E-state index contributed by atoms with van der Waals surface area (Å²) in [5.41, 5.74) is 1.96. The SMILES string of the molecule is Cc1cc(I)cc(CNCCCN2CCSCC2)c1O. The first-order chi connectivity index (χ1) is 9.66. The molecule has 0 radical (unpaired) electrons. The number of nitrogens with zero attached hydrogens (tertiary/aromatic N) is 1. The maximum Gasteiger partial charge on any atom is 0.123 e. The predicted molar refractivity (Wildman–Crippen MR) is 95.6 cm³/mol. The second-order valence-electron chi connectivity index (χ2n) is 5.21. The lowest BCUT2D eigenvalue weighted by Gasteiger charge is -2.26. The van der Waals surface area contributed by atoms with Crippen LogP contribution >= 0.6 is 34.4 Å². The maximum atomic E-state index is 10.0. The molecule has 5 heteroatoms. The van der Waals surface area contributed by atoms with Crippen molar-refractivity contribution in [1.29, 1.82) is 0 Å². The number of hydrogen-bond acceptors (Lipinski definition) is 4. The molecule has 3 nitrogen and oxygen atoms in total. The number of benzene rings is 1. The van der Waals surface area contributed by atoms with Crippen LogP contribution in [0.1, 0.15) is 17.5 Å². The third-order valence-corrected chi connectivity index (χ3v) is 5.16. The van der Waals surface area contributed by atoms with Gasteiger partial charge in [0.1, 0.15) is 5.75 Å². The molecule has 2 N–H and O–H groups in total. The molecule has 112 valence electrons. The Morgan fingerprint density at radius 3 is 2.85 bits per heavy atom. The van der Waals surface area contributed by atoms with E-state index in [0.29, 0.717) is 5.75 Å². The molecule has 0 amide bonds. The number of nitrogens with one attached hydrogen (secondary N) is 1. The van der Waals surface area contributed by atoms with Gasteiger partial charge in [-0.1, -0.05) is 0 Å². The largest absolute Gasteiger partial charge is 0.507 e. The highest BCUT2D eigenvalue weighted by Crippen LogP contribution is 2.24. The quantitative estimate of drug-likeness (QED) is 0.563. The van der Waals surface area contributed by atoms with E-state index in [1.165, 1.54) is 41.1 Å². The first-order valence-corrected chi connectivity index (χ1v) is 9.39. The fraction of sp³-hybridized carbons (Fsp3) is 0.600. The molecule has 1 fully saturated rings. The molecule has 0 atom stereocenters. The van der Waals surface area contributed by atoms with Crippen LogP contribution in [0.2, 0.25) is 0 Å². The zero-order chi connectivity index (χ0) is 14.4. The number of hydrogen-bond donors (Lipinski definition) is 2. The molecule has 1 aliphatic heterocycles. The number of aromatic hydroxyl groups is 1. The summed E-state index contributed by atoms with van der Waals surface area (Å²) in [5, 5.41) is 13.5. The minimum absolute atomic E-state index is 0.436. The lowest BCUT2D eigenvalue weighted by atomic mass is 10.1. The molecule has 0 saturated carbocycles. The van der Waals surface area contributed by atoms with Crippen molar-refractivity contribution in [3.05, 3.63) is 26.8 Å². The average Bonchev–Trinajstić information content (AvgIpc) is 2.44.